The lowest BCUT2D eigenvalue weighted by Crippen LogP contribution is -2.47. The Hall–Kier alpha value is -1.96. The molecule has 0 saturated carbocycles. The van der Waals surface area contributed by atoms with Gasteiger partial charge in [-0.1, -0.05) is 13.8 Å². The summed E-state index contributed by atoms with van der Waals surface area (Å²) >= 11 is 0. The highest BCUT2D eigenvalue weighted by atomic mass is 16.5. The van der Waals surface area contributed by atoms with E-state index in [2.05, 4.69) is 29.0 Å². The van der Waals surface area contributed by atoms with Crippen LogP contribution < -0.4 is 15.0 Å². The number of hydrogen-bond donors (Lipinski definition) is 1. The van der Waals surface area contributed by atoms with Crippen molar-refractivity contribution >= 4 is 17.5 Å². The summed E-state index contributed by atoms with van der Waals surface area (Å²) < 4.78 is 5.57. The molecule has 0 spiro atoms. The minimum absolute atomic E-state index is 0.148. The topological polar surface area (TPSA) is 65.1 Å². The molecule has 7 heteroatoms. The van der Waals surface area contributed by atoms with Crippen molar-refractivity contribution in [2.75, 3.05) is 57.3 Å². The van der Waals surface area contributed by atoms with Crippen LogP contribution in [0.3, 0.4) is 0 Å². The van der Waals surface area contributed by atoms with Gasteiger partial charge in [0.2, 0.25) is 5.91 Å². The molecule has 160 valence electrons. The fourth-order valence-corrected chi connectivity index (χ4v) is 3.88. The zero-order valence-electron chi connectivity index (χ0n) is 17.7. The highest BCUT2D eigenvalue weighted by molar-refractivity contribution is 6.22. The number of imide groups is 1. The van der Waals surface area contributed by atoms with Crippen molar-refractivity contribution in [1.82, 2.24) is 15.1 Å². The van der Waals surface area contributed by atoms with Gasteiger partial charge in [0, 0.05) is 26.2 Å². The van der Waals surface area contributed by atoms with Crippen LogP contribution in [0.5, 0.6) is 5.75 Å². The molecule has 2 aliphatic rings. The summed E-state index contributed by atoms with van der Waals surface area (Å²) in [5, 5.41) is 3.29. The Morgan fingerprint density at radius 3 is 2.38 bits per heavy atom. The molecule has 29 heavy (non-hydrogen) atoms. The molecule has 0 aromatic heterocycles. The van der Waals surface area contributed by atoms with Gasteiger partial charge in [0.05, 0.1) is 24.8 Å². The van der Waals surface area contributed by atoms with Gasteiger partial charge in [-0.25, -0.2) is 4.90 Å². The molecular formula is C22H34N4O3. The second kappa shape index (κ2) is 10.7. The van der Waals surface area contributed by atoms with Gasteiger partial charge >= 0.3 is 0 Å². The van der Waals surface area contributed by atoms with Crippen molar-refractivity contribution in [3.05, 3.63) is 24.3 Å². The van der Waals surface area contributed by atoms with Crippen LogP contribution in [-0.4, -0.2) is 80.1 Å². The van der Waals surface area contributed by atoms with E-state index in [4.69, 9.17) is 4.74 Å². The average Bonchev–Trinajstić information content (AvgIpc) is 3.03. The van der Waals surface area contributed by atoms with Crippen molar-refractivity contribution in [1.29, 1.82) is 0 Å². The van der Waals surface area contributed by atoms with Crippen LogP contribution in [0.4, 0.5) is 5.69 Å². The van der Waals surface area contributed by atoms with Crippen LogP contribution in [0, 0.1) is 0 Å². The molecule has 3 rings (SSSR count). The summed E-state index contributed by atoms with van der Waals surface area (Å²) in [6.45, 7) is 12.3. The molecular weight excluding hydrogens is 368 g/mol. The molecule has 7 nitrogen and oxygen atoms in total. The molecule has 1 atom stereocenters. The lowest BCUT2D eigenvalue weighted by Gasteiger charge is -2.34. The van der Waals surface area contributed by atoms with E-state index in [0.29, 0.717) is 12.3 Å². The number of nitrogens with zero attached hydrogens (tertiary/aromatic N) is 3. The van der Waals surface area contributed by atoms with E-state index in [1.54, 1.807) is 12.1 Å². The zero-order chi connectivity index (χ0) is 20.6. The quantitative estimate of drug-likeness (QED) is 0.475. The predicted octanol–water partition coefficient (Wildman–Crippen LogP) is 1.72. The zero-order valence-corrected chi connectivity index (χ0v) is 17.7. The Labute approximate surface area is 174 Å². The van der Waals surface area contributed by atoms with Crippen LogP contribution in [-0.2, 0) is 9.59 Å². The van der Waals surface area contributed by atoms with Crippen molar-refractivity contribution < 1.29 is 14.3 Å². The molecule has 1 aromatic rings. The van der Waals surface area contributed by atoms with E-state index < -0.39 is 6.04 Å². The predicted molar refractivity (Wildman–Crippen MR) is 114 cm³/mol. The van der Waals surface area contributed by atoms with Crippen molar-refractivity contribution in [3.63, 3.8) is 0 Å². The molecule has 2 amide bonds. The molecule has 2 aliphatic heterocycles. The Kier molecular flexibility index (Phi) is 8.03. The number of piperazine rings is 1. The largest absolute Gasteiger partial charge is 0.494 e. The molecule has 0 bridgehead atoms. The van der Waals surface area contributed by atoms with Gasteiger partial charge in [0.15, 0.2) is 0 Å². The number of carbonyl (C=O) groups excluding carboxylic acids is 2. The van der Waals surface area contributed by atoms with Crippen molar-refractivity contribution in [2.45, 2.75) is 39.2 Å². The van der Waals surface area contributed by atoms with Crippen LogP contribution in [0.25, 0.3) is 0 Å². The molecule has 2 saturated heterocycles. The van der Waals surface area contributed by atoms with Crippen LogP contribution in [0.15, 0.2) is 24.3 Å². The minimum Gasteiger partial charge on any atom is -0.494 e. The second-order valence-corrected chi connectivity index (χ2v) is 7.75. The number of likely N-dealkylation sites (N-methyl/N-ethyl adjacent to an activating group) is 1. The fourth-order valence-electron chi connectivity index (χ4n) is 3.88. The monoisotopic (exact) mass is 402 g/mol. The first-order chi connectivity index (χ1) is 14.1. The molecule has 2 fully saturated rings. The lowest BCUT2D eigenvalue weighted by molar-refractivity contribution is -0.121. The van der Waals surface area contributed by atoms with E-state index in [1.165, 1.54) is 4.90 Å². The average molecular weight is 403 g/mol. The summed E-state index contributed by atoms with van der Waals surface area (Å²) in [7, 11) is 0. The van der Waals surface area contributed by atoms with Gasteiger partial charge in [-0.15, -0.1) is 0 Å². The number of benzene rings is 1. The van der Waals surface area contributed by atoms with Crippen LogP contribution >= 0.6 is 0 Å². The molecule has 0 radical (unpaired) electrons. The molecule has 2 heterocycles. The summed E-state index contributed by atoms with van der Waals surface area (Å²) in [6.07, 6.45) is 2.14. The van der Waals surface area contributed by atoms with Gasteiger partial charge in [0.1, 0.15) is 5.75 Å². The SMILES string of the molecule is CCCOc1ccc(N2C(=O)CC(NCCCN3CCN(CC)CC3)C2=O)cc1. The van der Waals surface area contributed by atoms with E-state index in [1.807, 2.05) is 12.1 Å². The third-order valence-corrected chi connectivity index (χ3v) is 5.67. The fraction of sp³-hybridized carbons (Fsp3) is 0.636. The number of hydrogen-bond acceptors (Lipinski definition) is 6. The first-order valence-electron chi connectivity index (χ1n) is 10.9. The lowest BCUT2D eigenvalue weighted by atomic mass is 10.2. The minimum atomic E-state index is -0.421. The maximum Gasteiger partial charge on any atom is 0.251 e. The van der Waals surface area contributed by atoms with E-state index in [0.717, 1.165) is 64.4 Å². The van der Waals surface area contributed by atoms with Gasteiger partial charge in [-0.3, -0.25) is 9.59 Å². The highest BCUT2D eigenvalue weighted by Gasteiger charge is 2.39. The van der Waals surface area contributed by atoms with Crippen LogP contribution in [0.2, 0.25) is 0 Å². The first-order valence-corrected chi connectivity index (χ1v) is 10.9. The summed E-state index contributed by atoms with van der Waals surface area (Å²) in [4.78, 5) is 31.4. The number of ether oxygens (including phenoxy) is 1. The van der Waals surface area contributed by atoms with E-state index >= 15 is 0 Å². The molecule has 1 aromatic carbocycles. The van der Waals surface area contributed by atoms with E-state index in [9.17, 15) is 9.59 Å². The summed E-state index contributed by atoms with van der Waals surface area (Å²) in [6, 6.07) is 6.75. The Balaban J connectivity index is 1.43. The summed E-state index contributed by atoms with van der Waals surface area (Å²) in [5.74, 6) is 0.448. The molecule has 1 N–H and O–H groups in total. The third-order valence-electron chi connectivity index (χ3n) is 5.67. The maximum atomic E-state index is 12.7. The van der Waals surface area contributed by atoms with Gasteiger partial charge in [0.25, 0.3) is 5.91 Å². The van der Waals surface area contributed by atoms with E-state index in [-0.39, 0.29) is 18.2 Å². The maximum absolute atomic E-state index is 12.7. The number of nitrogens with one attached hydrogen (secondary N) is 1. The first kappa shape index (κ1) is 21.7. The Morgan fingerprint density at radius 1 is 1.03 bits per heavy atom. The normalized spacial score (nSPS) is 21.2. The van der Waals surface area contributed by atoms with Crippen molar-refractivity contribution in [3.8, 4) is 5.75 Å². The third kappa shape index (κ3) is 5.78. The number of anilines is 1. The number of carbonyl (C=O) groups is 2. The second-order valence-electron chi connectivity index (χ2n) is 7.75. The highest BCUT2D eigenvalue weighted by Crippen LogP contribution is 2.25. The van der Waals surface area contributed by atoms with Gasteiger partial charge < -0.3 is 19.9 Å². The smallest absolute Gasteiger partial charge is 0.251 e. The molecule has 1 unspecified atom stereocenters. The standard InChI is InChI=1S/C22H34N4O3/c1-3-16-29-19-8-6-18(7-9-19)26-21(27)17-20(22(26)28)23-10-5-11-25-14-12-24(4-2)13-15-25/h6-9,20,23H,3-5,10-17H2,1-2H3. The Morgan fingerprint density at radius 2 is 1.72 bits per heavy atom. The van der Waals surface area contributed by atoms with Crippen LogP contribution in [0.1, 0.15) is 33.1 Å². The number of amides is 2. The van der Waals surface area contributed by atoms with Gasteiger partial charge in [-0.05, 0) is 56.7 Å². The van der Waals surface area contributed by atoms with Gasteiger partial charge in [-0.2, -0.15) is 0 Å². The van der Waals surface area contributed by atoms with Crippen molar-refractivity contribution in [2.24, 2.45) is 0 Å². The summed E-state index contributed by atoms with van der Waals surface area (Å²) in [5.41, 5.74) is 0.613. The molecule has 0 aliphatic carbocycles. The number of rotatable bonds is 10. The Bertz CT molecular complexity index is 671.